The van der Waals surface area contributed by atoms with Gasteiger partial charge in [-0.2, -0.15) is 4.31 Å². The van der Waals surface area contributed by atoms with Gasteiger partial charge in [0.15, 0.2) is 0 Å². The fourth-order valence-corrected chi connectivity index (χ4v) is 4.65. The molecule has 20 heavy (non-hydrogen) atoms. The lowest BCUT2D eigenvalue weighted by molar-refractivity contribution is 0.0601. The van der Waals surface area contributed by atoms with Crippen LogP contribution in [0.15, 0.2) is 15.7 Å². The van der Waals surface area contributed by atoms with Gasteiger partial charge in [-0.15, -0.1) is 23.7 Å². The molecule has 9 heteroatoms. The molecule has 0 saturated carbocycles. The van der Waals surface area contributed by atoms with Crippen LogP contribution in [0.1, 0.15) is 16.8 Å². The molecule has 1 aliphatic rings. The van der Waals surface area contributed by atoms with Crippen molar-refractivity contribution in [2.75, 3.05) is 33.3 Å². The number of hydrogen-bond acceptors (Lipinski definition) is 6. The van der Waals surface area contributed by atoms with Crippen molar-refractivity contribution < 1.29 is 17.9 Å². The maximum atomic E-state index is 12.4. The minimum absolute atomic E-state index is 0. The van der Waals surface area contributed by atoms with Crippen LogP contribution in [-0.4, -0.2) is 52.0 Å². The molecule has 114 valence electrons. The highest BCUT2D eigenvalue weighted by Gasteiger charge is 2.27. The first-order valence-electron chi connectivity index (χ1n) is 5.93. The summed E-state index contributed by atoms with van der Waals surface area (Å²) in [5.74, 6) is -0.518. The number of ether oxygens (including phenoxy) is 1. The molecule has 0 atom stereocenters. The van der Waals surface area contributed by atoms with Crippen LogP contribution in [0.3, 0.4) is 0 Å². The summed E-state index contributed by atoms with van der Waals surface area (Å²) in [7, 11) is -2.23. The fourth-order valence-electron chi connectivity index (χ4n) is 1.87. The van der Waals surface area contributed by atoms with Crippen molar-refractivity contribution in [1.82, 2.24) is 9.62 Å². The topological polar surface area (TPSA) is 75.7 Å². The number of nitrogens with one attached hydrogen (secondary N) is 1. The smallest absolute Gasteiger partial charge is 0.338 e. The SMILES string of the molecule is COC(=O)c1csc(S(=O)(=O)N2CCCNCC2)c1.Cl. The molecule has 1 saturated heterocycles. The van der Waals surface area contributed by atoms with E-state index in [1.807, 2.05) is 0 Å². The molecule has 0 aromatic carbocycles. The van der Waals surface area contributed by atoms with Crippen LogP contribution in [0.2, 0.25) is 0 Å². The largest absolute Gasteiger partial charge is 0.465 e. The van der Waals surface area contributed by atoms with Gasteiger partial charge in [-0.3, -0.25) is 0 Å². The molecule has 1 aromatic heterocycles. The monoisotopic (exact) mass is 340 g/mol. The predicted octanol–water partition coefficient (Wildman–Crippen LogP) is 0.940. The van der Waals surface area contributed by atoms with Gasteiger partial charge in [-0.1, -0.05) is 0 Å². The highest BCUT2D eigenvalue weighted by molar-refractivity contribution is 7.91. The number of thiophene rings is 1. The Kier molecular flexibility index (Phi) is 6.41. The van der Waals surface area contributed by atoms with E-state index in [2.05, 4.69) is 10.1 Å². The average Bonchev–Trinajstić information content (AvgIpc) is 2.74. The van der Waals surface area contributed by atoms with Crippen molar-refractivity contribution in [1.29, 1.82) is 0 Å². The number of rotatable bonds is 3. The van der Waals surface area contributed by atoms with Crippen LogP contribution in [-0.2, 0) is 14.8 Å². The number of methoxy groups -OCH3 is 1. The summed E-state index contributed by atoms with van der Waals surface area (Å²) in [6, 6.07) is 1.38. The van der Waals surface area contributed by atoms with E-state index in [1.165, 1.54) is 22.9 Å². The van der Waals surface area contributed by atoms with Crippen molar-refractivity contribution in [2.45, 2.75) is 10.6 Å². The average molecular weight is 341 g/mol. The Morgan fingerprint density at radius 1 is 1.40 bits per heavy atom. The van der Waals surface area contributed by atoms with Gasteiger partial charge in [0, 0.05) is 25.0 Å². The summed E-state index contributed by atoms with van der Waals surface area (Å²) >= 11 is 1.05. The van der Waals surface area contributed by atoms with Gasteiger partial charge < -0.3 is 10.1 Å². The van der Waals surface area contributed by atoms with Gasteiger partial charge >= 0.3 is 5.97 Å². The minimum atomic E-state index is -3.50. The summed E-state index contributed by atoms with van der Waals surface area (Å²) in [6.45, 7) is 2.42. The molecule has 0 aliphatic carbocycles. The van der Waals surface area contributed by atoms with Crippen LogP contribution in [0.4, 0.5) is 0 Å². The van der Waals surface area contributed by atoms with Gasteiger partial charge in [0.1, 0.15) is 4.21 Å². The molecule has 0 radical (unpaired) electrons. The molecular weight excluding hydrogens is 324 g/mol. The molecule has 1 aliphatic heterocycles. The predicted molar refractivity (Wildman–Crippen MR) is 79.2 cm³/mol. The third kappa shape index (κ3) is 3.70. The van der Waals surface area contributed by atoms with Crippen molar-refractivity contribution >= 4 is 39.7 Å². The van der Waals surface area contributed by atoms with E-state index in [4.69, 9.17) is 0 Å². The molecular formula is C11H17ClN2O4S2. The van der Waals surface area contributed by atoms with Crippen molar-refractivity contribution in [2.24, 2.45) is 0 Å². The highest BCUT2D eigenvalue weighted by Crippen LogP contribution is 2.24. The fraction of sp³-hybridized carbons (Fsp3) is 0.545. The molecule has 0 bridgehead atoms. The van der Waals surface area contributed by atoms with E-state index in [1.54, 1.807) is 0 Å². The number of carbonyl (C=O) groups excluding carboxylic acids is 1. The number of esters is 1. The molecule has 1 N–H and O–H groups in total. The number of sulfonamides is 1. The molecule has 6 nitrogen and oxygen atoms in total. The molecule has 2 heterocycles. The number of carbonyl (C=O) groups is 1. The summed E-state index contributed by atoms with van der Waals surface area (Å²) in [5.41, 5.74) is 0.277. The number of halogens is 1. The molecule has 2 rings (SSSR count). The normalized spacial score (nSPS) is 17.1. The lowest BCUT2D eigenvalue weighted by Crippen LogP contribution is -2.33. The third-order valence-corrected chi connectivity index (χ3v) is 6.20. The first-order valence-corrected chi connectivity index (χ1v) is 8.25. The maximum Gasteiger partial charge on any atom is 0.338 e. The second-order valence-electron chi connectivity index (χ2n) is 4.15. The number of nitrogens with zero attached hydrogens (tertiary/aromatic N) is 1. The zero-order valence-corrected chi connectivity index (χ0v) is 13.4. The standard InChI is InChI=1S/C11H16N2O4S2.ClH/c1-17-11(14)9-7-10(18-8-9)19(15,16)13-5-2-3-12-4-6-13;/h7-8,12H,2-6H2,1H3;1H. The van der Waals surface area contributed by atoms with E-state index >= 15 is 0 Å². The van der Waals surface area contributed by atoms with Crippen LogP contribution in [0.25, 0.3) is 0 Å². The Bertz CT molecular complexity index is 551. The molecule has 0 spiro atoms. The van der Waals surface area contributed by atoms with Crippen LogP contribution in [0.5, 0.6) is 0 Å². The Labute approximate surface area is 128 Å². The van der Waals surface area contributed by atoms with Crippen molar-refractivity contribution in [3.63, 3.8) is 0 Å². The first-order chi connectivity index (χ1) is 9.05. The third-order valence-electron chi connectivity index (χ3n) is 2.89. The lowest BCUT2D eigenvalue weighted by Gasteiger charge is -2.18. The second-order valence-corrected chi connectivity index (χ2v) is 7.23. The summed E-state index contributed by atoms with van der Waals surface area (Å²) in [5, 5.41) is 4.67. The molecule has 0 amide bonds. The van der Waals surface area contributed by atoms with Gasteiger partial charge in [-0.25, -0.2) is 13.2 Å². The van der Waals surface area contributed by atoms with Crippen LogP contribution < -0.4 is 5.32 Å². The second kappa shape index (κ2) is 7.37. The Morgan fingerprint density at radius 3 is 2.85 bits per heavy atom. The van der Waals surface area contributed by atoms with E-state index in [9.17, 15) is 13.2 Å². The Morgan fingerprint density at radius 2 is 2.15 bits per heavy atom. The van der Waals surface area contributed by atoms with Gasteiger partial charge in [0.25, 0.3) is 10.0 Å². The molecule has 1 fully saturated rings. The highest BCUT2D eigenvalue weighted by atomic mass is 35.5. The van der Waals surface area contributed by atoms with E-state index in [0.717, 1.165) is 24.3 Å². The van der Waals surface area contributed by atoms with E-state index in [-0.39, 0.29) is 22.2 Å². The molecule has 1 aromatic rings. The maximum absolute atomic E-state index is 12.4. The van der Waals surface area contributed by atoms with Crippen molar-refractivity contribution in [3.8, 4) is 0 Å². The zero-order chi connectivity index (χ0) is 13.9. The molecule has 0 unspecified atom stereocenters. The van der Waals surface area contributed by atoms with E-state index < -0.39 is 16.0 Å². The summed E-state index contributed by atoms with van der Waals surface area (Å²) in [4.78, 5) is 11.4. The van der Waals surface area contributed by atoms with E-state index in [0.29, 0.717) is 19.6 Å². The zero-order valence-electron chi connectivity index (χ0n) is 11.0. The summed E-state index contributed by atoms with van der Waals surface area (Å²) < 4.78 is 31.1. The van der Waals surface area contributed by atoms with Gasteiger partial charge in [-0.05, 0) is 19.0 Å². The van der Waals surface area contributed by atoms with Crippen molar-refractivity contribution in [3.05, 3.63) is 17.0 Å². The number of hydrogen-bond donors (Lipinski definition) is 1. The van der Waals surface area contributed by atoms with Gasteiger partial charge in [0.05, 0.1) is 12.7 Å². The van der Waals surface area contributed by atoms with Crippen LogP contribution in [0, 0.1) is 0 Å². The quantitative estimate of drug-likeness (QED) is 0.829. The Balaban J connectivity index is 0.00000200. The lowest BCUT2D eigenvalue weighted by atomic mass is 10.3. The minimum Gasteiger partial charge on any atom is -0.465 e. The first kappa shape index (κ1) is 17.4. The Hall–Kier alpha value is -0.670. The van der Waals surface area contributed by atoms with Gasteiger partial charge in [0.2, 0.25) is 0 Å². The van der Waals surface area contributed by atoms with Crippen LogP contribution >= 0.6 is 23.7 Å². The summed E-state index contributed by atoms with van der Waals surface area (Å²) in [6.07, 6.45) is 0.786.